The predicted octanol–water partition coefficient (Wildman–Crippen LogP) is 3.40. The Morgan fingerprint density at radius 3 is 2.71 bits per heavy atom. The minimum absolute atomic E-state index is 0.384. The second-order valence-electron chi connectivity index (χ2n) is 4.02. The molecule has 0 radical (unpaired) electrons. The molecule has 0 spiro atoms. The van der Waals surface area contributed by atoms with Crippen LogP contribution in [-0.2, 0) is 0 Å². The quantitative estimate of drug-likeness (QED) is 0.715. The van der Waals surface area contributed by atoms with Crippen LogP contribution in [0.3, 0.4) is 0 Å². The van der Waals surface area contributed by atoms with Crippen LogP contribution in [-0.4, -0.2) is 11.1 Å². The molecular formula is C11H14ClNO. The van der Waals surface area contributed by atoms with Crippen LogP contribution in [0, 0.1) is 0 Å². The molecule has 2 rings (SSSR count). The number of nitrogens with zero attached hydrogens (tertiary/aromatic N) is 1. The third-order valence-electron chi connectivity index (χ3n) is 2.21. The summed E-state index contributed by atoms with van der Waals surface area (Å²) in [6.45, 7) is 4.19. The fourth-order valence-electron chi connectivity index (χ4n) is 1.23. The maximum Gasteiger partial charge on any atom is 0.133 e. The summed E-state index contributed by atoms with van der Waals surface area (Å²) >= 11 is 5.91. The van der Waals surface area contributed by atoms with E-state index in [4.69, 9.17) is 16.3 Å². The molecule has 0 saturated heterocycles. The normalized spacial score (nSPS) is 16.0. The molecule has 1 saturated carbocycles. The minimum atomic E-state index is 0.384. The van der Waals surface area contributed by atoms with Gasteiger partial charge in [-0.2, -0.15) is 0 Å². The second-order valence-corrected chi connectivity index (χ2v) is 4.41. The molecule has 1 aliphatic rings. The lowest BCUT2D eigenvalue weighted by Crippen LogP contribution is -1.99. The van der Waals surface area contributed by atoms with Crippen LogP contribution in [0.5, 0.6) is 5.75 Å². The first-order valence-corrected chi connectivity index (χ1v) is 5.37. The molecule has 2 nitrogen and oxygen atoms in total. The monoisotopic (exact) mass is 211 g/mol. The standard InChI is InChI=1S/C11H14ClNO/c1-7(2)10-5-9(6-11(12)13-10)14-8-3-4-8/h5-8H,3-4H2,1-2H3. The van der Waals surface area contributed by atoms with E-state index in [1.54, 1.807) is 6.07 Å². The Labute approximate surface area is 89.3 Å². The Morgan fingerprint density at radius 2 is 2.14 bits per heavy atom. The van der Waals surface area contributed by atoms with Gasteiger partial charge < -0.3 is 4.74 Å². The van der Waals surface area contributed by atoms with Crippen molar-refractivity contribution in [3.05, 3.63) is 23.0 Å². The van der Waals surface area contributed by atoms with Crippen LogP contribution in [0.15, 0.2) is 12.1 Å². The zero-order valence-corrected chi connectivity index (χ0v) is 9.21. The largest absolute Gasteiger partial charge is 0.490 e. The van der Waals surface area contributed by atoms with E-state index in [-0.39, 0.29) is 0 Å². The Hall–Kier alpha value is -0.760. The van der Waals surface area contributed by atoms with Crippen molar-refractivity contribution in [1.29, 1.82) is 0 Å². The van der Waals surface area contributed by atoms with Crippen molar-refractivity contribution in [2.24, 2.45) is 0 Å². The molecule has 76 valence electrons. The second kappa shape index (κ2) is 3.77. The number of rotatable bonds is 3. The highest BCUT2D eigenvalue weighted by Gasteiger charge is 2.23. The number of ether oxygens (including phenoxy) is 1. The molecule has 1 heterocycles. The van der Waals surface area contributed by atoms with Gasteiger partial charge >= 0.3 is 0 Å². The third kappa shape index (κ3) is 2.38. The summed E-state index contributed by atoms with van der Waals surface area (Å²) in [5, 5.41) is 0.520. The van der Waals surface area contributed by atoms with Gasteiger partial charge in [-0.3, -0.25) is 0 Å². The van der Waals surface area contributed by atoms with Gasteiger partial charge in [-0.1, -0.05) is 25.4 Å². The number of hydrogen-bond acceptors (Lipinski definition) is 2. The van der Waals surface area contributed by atoms with Crippen molar-refractivity contribution in [1.82, 2.24) is 4.98 Å². The van der Waals surface area contributed by atoms with Crippen LogP contribution >= 0.6 is 11.6 Å². The number of pyridine rings is 1. The molecular weight excluding hydrogens is 198 g/mol. The highest BCUT2D eigenvalue weighted by atomic mass is 35.5. The first-order valence-electron chi connectivity index (χ1n) is 4.99. The molecule has 0 aliphatic heterocycles. The van der Waals surface area contributed by atoms with E-state index in [2.05, 4.69) is 18.8 Å². The number of halogens is 1. The first kappa shape index (κ1) is 9.78. The van der Waals surface area contributed by atoms with Gasteiger partial charge in [-0.05, 0) is 18.8 Å². The van der Waals surface area contributed by atoms with E-state index in [1.165, 1.54) is 0 Å². The molecule has 1 aromatic rings. The summed E-state index contributed by atoms with van der Waals surface area (Å²) in [6.07, 6.45) is 2.74. The van der Waals surface area contributed by atoms with E-state index in [0.717, 1.165) is 24.3 Å². The van der Waals surface area contributed by atoms with E-state index in [0.29, 0.717) is 17.2 Å². The van der Waals surface area contributed by atoms with E-state index in [9.17, 15) is 0 Å². The Morgan fingerprint density at radius 1 is 1.43 bits per heavy atom. The molecule has 0 aromatic carbocycles. The molecule has 0 unspecified atom stereocenters. The highest BCUT2D eigenvalue weighted by Crippen LogP contribution is 2.29. The van der Waals surface area contributed by atoms with Gasteiger partial charge in [0.05, 0.1) is 6.10 Å². The van der Waals surface area contributed by atoms with E-state index < -0.39 is 0 Å². The van der Waals surface area contributed by atoms with Crippen LogP contribution in [0.4, 0.5) is 0 Å². The van der Waals surface area contributed by atoms with Gasteiger partial charge in [0.2, 0.25) is 0 Å². The minimum Gasteiger partial charge on any atom is -0.490 e. The van der Waals surface area contributed by atoms with Gasteiger partial charge in [0.15, 0.2) is 0 Å². The molecule has 1 fully saturated rings. The van der Waals surface area contributed by atoms with Crippen molar-refractivity contribution in [3.63, 3.8) is 0 Å². The van der Waals surface area contributed by atoms with Crippen LogP contribution in [0.1, 0.15) is 38.3 Å². The number of aromatic nitrogens is 1. The Balaban J connectivity index is 2.21. The lowest BCUT2D eigenvalue weighted by Gasteiger charge is -2.09. The molecule has 0 atom stereocenters. The first-order chi connectivity index (χ1) is 6.65. The fraction of sp³-hybridized carbons (Fsp3) is 0.545. The van der Waals surface area contributed by atoms with Crippen LogP contribution < -0.4 is 4.74 Å². The smallest absolute Gasteiger partial charge is 0.133 e. The molecule has 3 heteroatoms. The summed E-state index contributed by atoms with van der Waals surface area (Å²) in [5.41, 5.74) is 0.994. The van der Waals surface area contributed by atoms with E-state index in [1.807, 2.05) is 6.07 Å². The maximum absolute atomic E-state index is 5.91. The highest BCUT2D eigenvalue weighted by molar-refractivity contribution is 6.29. The molecule has 0 bridgehead atoms. The van der Waals surface area contributed by atoms with Gasteiger partial charge in [0.25, 0.3) is 0 Å². The topological polar surface area (TPSA) is 22.1 Å². The average molecular weight is 212 g/mol. The summed E-state index contributed by atoms with van der Waals surface area (Å²) in [6, 6.07) is 3.76. The molecule has 1 aromatic heterocycles. The maximum atomic E-state index is 5.91. The summed E-state index contributed by atoms with van der Waals surface area (Å²) < 4.78 is 5.67. The van der Waals surface area contributed by atoms with Crippen molar-refractivity contribution < 1.29 is 4.74 Å². The van der Waals surface area contributed by atoms with Gasteiger partial charge in [0, 0.05) is 17.8 Å². The molecule has 14 heavy (non-hydrogen) atoms. The Bertz CT molecular complexity index is 334. The number of hydrogen-bond donors (Lipinski definition) is 0. The summed E-state index contributed by atoms with van der Waals surface area (Å²) in [5.74, 6) is 1.24. The zero-order valence-electron chi connectivity index (χ0n) is 8.46. The third-order valence-corrected chi connectivity index (χ3v) is 2.40. The molecule has 1 aliphatic carbocycles. The van der Waals surface area contributed by atoms with Crippen molar-refractivity contribution >= 4 is 11.6 Å². The lowest BCUT2D eigenvalue weighted by atomic mass is 10.1. The van der Waals surface area contributed by atoms with Gasteiger partial charge in [-0.25, -0.2) is 4.98 Å². The fourth-order valence-corrected chi connectivity index (χ4v) is 1.44. The predicted molar refractivity (Wildman–Crippen MR) is 57.0 cm³/mol. The Kier molecular flexibility index (Phi) is 2.64. The van der Waals surface area contributed by atoms with E-state index >= 15 is 0 Å². The van der Waals surface area contributed by atoms with Gasteiger partial charge in [0.1, 0.15) is 10.9 Å². The summed E-state index contributed by atoms with van der Waals surface area (Å²) in [4.78, 5) is 4.25. The van der Waals surface area contributed by atoms with Crippen LogP contribution in [0.2, 0.25) is 5.15 Å². The van der Waals surface area contributed by atoms with Crippen molar-refractivity contribution in [2.45, 2.75) is 38.7 Å². The van der Waals surface area contributed by atoms with Crippen LogP contribution in [0.25, 0.3) is 0 Å². The summed E-state index contributed by atoms with van der Waals surface area (Å²) in [7, 11) is 0. The molecule has 0 amide bonds. The van der Waals surface area contributed by atoms with Gasteiger partial charge in [-0.15, -0.1) is 0 Å². The molecule has 0 N–H and O–H groups in total. The SMILES string of the molecule is CC(C)c1cc(OC2CC2)cc(Cl)n1. The lowest BCUT2D eigenvalue weighted by molar-refractivity contribution is 0.302. The van der Waals surface area contributed by atoms with Crippen molar-refractivity contribution in [2.75, 3.05) is 0 Å². The zero-order chi connectivity index (χ0) is 10.1. The van der Waals surface area contributed by atoms with Crippen molar-refractivity contribution in [3.8, 4) is 5.75 Å². The average Bonchev–Trinajstić information content (AvgIpc) is 2.87.